The summed E-state index contributed by atoms with van der Waals surface area (Å²) in [6, 6.07) is 14.9. The van der Waals surface area contributed by atoms with Gasteiger partial charge >= 0.3 is 0 Å². The van der Waals surface area contributed by atoms with Crippen LogP contribution in [-0.4, -0.2) is 38.2 Å². The first-order chi connectivity index (χ1) is 10.8. The average molecular weight is 300 g/mol. The van der Waals surface area contributed by atoms with E-state index in [4.69, 9.17) is 4.74 Å². The molecule has 0 amide bonds. The molecule has 0 aliphatic carbocycles. The molecule has 0 radical (unpaired) electrons. The van der Waals surface area contributed by atoms with Crippen LogP contribution in [0, 0.1) is 5.82 Å². The van der Waals surface area contributed by atoms with Crippen LogP contribution in [0.25, 0.3) is 0 Å². The van der Waals surface area contributed by atoms with E-state index in [9.17, 15) is 4.39 Å². The zero-order valence-electron chi connectivity index (χ0n) is 12.8. The summed E-state index contributed by atoms with van der Waals surface area (Å²) in [6.45, 7) is 3.68. The maximum atomic E-state index is 14.4. The minimum absolute atomic E-state index is 0.0609. The van der Waals surface area contributed by atoms with Crippen LogP contribution < -0.4 is 10.1 Å². The lowest BCUT2D eigenvalue weighted by molar-refractivity contribution is 0.195. The van der Waals surface area contributed by atoms with Crippen molar-refractivity contribution < 1.29 is 9.13 Å². The maximum absolute atomic E-state index is 14.4. The highest BCUT2D eigenvalue weighted by Gasteiger charge is 2.25. The SMILES string of the molecule is COc1ccc(C(c2ccccc2F)N2CCNCC2)cc1. The van der Waals surface area contributed by atoms with E-state index in [0.717, 1.165) is 43.1 Å². The average Bonchev–Trinajstić information content (AvgIpc) is 2.58. The molecule has 22 heavy (non-hydrogen) atoms. The van der Waals surface area contributed by atoms with Gasteiger partial charge in [-0.3, -0.25) is 4.90 Å². The summed E-state index contributed by atoms with van der Waals surface area (Å²) in [5, 5.41) is 3.35. The second kappa shape index (κ2) is 6.90. The zero-order chi connectivity index (χ0) is 15.4. The Morgan fingerprint density at radius 2 is 1.73 bits per heavy atom. The highest BCUT2D eigenvalue weighted by Crippen LogP contribution is 2.31. The van der Waals surface area contributed by atoms with Gasteiger partial charge in [-0.1, -0.05) is 30.3 Å². The van der Waals surface area contributed by atoms with Gasteiger partial charge in [-0.15, -0.1) is 0 Å². The van der Waals surface area contributed by atoms with Crippen molar-refractivity contribution in [2.24, 2.45) is 0 Å². The third-order valence-electron chi connectivity index (χ3n) is 4.15. The van der Waals surface area contributed by atoms with Crippen LogP contribution in [-0.2, 0) is 0 Å². The molecule has 1 N–H and O–H groups in total. The molecule has 0 aromatic heterocycles. The summed E-state index contributed by atoms with van der Waals surface area (Å²) in [7, 11) is 1.65. The van der Waals surface area contributed by atoms with Gasteiger partial charge in [0, 0.05) is 31.7 Å². The molecule has 2 aromatic carbocycles. The predicted molar refractivity (Wildman–Crippen MR) is 85.7 cm³/mol. The molecule has 0 spiro atoms. The molecule has 1 aliphatic rings. The van der Waals surface area contributed by atoms with Crippen LogP contribution >= 0.6 is 0 Å². The number of methoxy groups -OCH3 is 1. The van der Waals surface area contributed by atoms with E-state index in [1.165, 1.54) is 6.07 Å². The van der Waals surface area contributed by atoms with Crippen molar-refractivity contribution in [2.45, 2.75) is 6.04 Å². The molecule has 4 heteroatoms. The van der Waals surface area contributed by atoms with Crippen LogP contribution in [0.5, 0.6) is 5.75 Å². The quantitative estimate of drug-likeness (QED) is 0.939. The summed E-state index contributed by atoms with van der Waals surface area (Å²) < 4.78 is 19.6. The van der Waals surface area contributed by atoms with Gasteiger partial charge in [-0.25, -0.2) is 4.39 Å². The van der Waals surface area contributed by atoms with Gasteiger partial charge in [-0.2, -0.15) is 0 Å². The van der Waals surface area contributed by atoms with Gasteiger partial charge in [0.05, 0.1) is 13.2 Å². The molecule has 116 valence electrons. The van der Waals surface area contributed by atoms with Crippen LogP contribution in [0.15, 0.2) is 48.5 Å². The first-order valence-electron chi connectivity index (χ1n) is 7.63. The lowest BCUT2D eigenvalue weighted by atomic mass is 9.96. The lowest BCUT2D eigenvalue weighted by Gasteiger charge is -2.35. The number of nitrogens with one attached hydrogen (secondary N) is 1. The Kier molecular flexibility index (Phi) is 4.71. The number of hydrogen-bond acceptors (Lipinski definition) is 3. The van der Waals surface area contributed by atoms with Gasteiger partial charge in [0.15, 0.2) is 0 Å². The fourth-order valence-electron chi connectivity index (χ4n) is 3.01. The minimum Gasteiger partial charge on any atom is -0.497 e. The summed E-state index contributed by atoms with van der Waals surface area (Å²) in [5.41, 5.74) is 1.82. The van der Waals surface area contributed by atoms with Crippen LogP contribution in [0.2, 0.25) is 0 Å². The van der Waals surface area contributed by atoms with Crippen molar-refractivity contribution in [1.29, 1.82) is 0 Å². The molecular weight excluding hydrogens is 279 g/mol. The minimum atomic E-state index is -0.151. The van der Waals surface area contributed by atoms with Crippen molar-refractivity contribution in [1.82, 2.24) is 10.2 Å². The molecule has 2 aromatic rings. The Morgan fingerprint density at radius 1 is 1.05 bits per heavy atom. The van der Waals surface area contributed by atoms with Gasteiger partial charge in [0.25, 0.3) is 0 Å². The molecule has 0 bridgehead atoms. The summed E-state index contributed by atoms with van der Waals surface area (Å²) >= 11 is 0. The molecular formula is C18H21FN2O. The molecule has 1 atom stereocenters. The van der Waals surface area contributed by atoms with Crippen LogP contribution in [0.3, 0.4) is 0 Å². The Morgan fingerprint density at radius 3 is 2.36 bits per heavy atom. The van der Waals surface area contributed by atoms with Crippen molar-refractivity contribution in [3.8, 4) is 5.75 Å². The van der Waals surface area contributed by atoms with Gasteiger partial charge in [-0.05, 0) is 23.8 Å². The van der Waals surface area contributed by atoms with Crippen molar-refractivity contribution in [3.63, 3.8) is 0 Å². The first kappa shape index (κ1) is 15.0. The number of rotatable bonds is 4. The predicted octanol–water partition coefficient (Wildman–Crippen LogP) is 2.83. The van der Waals surface area contributed by atoms with Gasteiger partial charge in [0.1, 0.15) is 11.6 Å². The number of hydrogen-bond donors (Lipinski definition) is 1. The van der Waals surface area contributed by atoms with E-state index in [2.05, 4.69) is 10.2 Å². The number of piperazine rings is 1. The number of halogens is 1. The maximum Gasteiger partial charge on any atom is 0.128 e. The fraction of sp³-hybridized carbons (Fsp3) is 0.333. The second-order valence-electron chi connectivity index (χ2n) is 5.48. The number of ether oxygens (including phenoxy) is 1. The van der Waals surface area contributed by atoms with Crippen LogP contribution in [0.4, 0.5) is 4.39 Å². The topological polar surface area (TPSA) is 24.5 Å². The molecule has 1 fully saturated rings. The van der Waals surface area contributed by atoms with E-state index in [1.54, 1.807) is 13.2 Å². The summed E-state index contributed by atoms with van der Waals surface area (Å²) in [4.78, 5) is 2.33. The molecule has 1 unspecified atom stereocenters. The Balaban J connectivity index is 1.99. The van der Waals surface area contributed by atoms with Crippen molar-refractivity contribution in [3.05, 3.63) is 65.5 Å². The normalized spacial score (nSPS) is 17.2. The molecule has 0 saturated carbocycles. The first-order valence-corrected chi connectivity index (χ1v) is 7.63. The third-order valence-corrected chi connectivity index (χ3v) is 4.15. The van der Waals surface area contributed by atoms with E-state index in [1.807, 2.05) is 36.4 Å². The standard InChI is InChI=1S/C18H21FN2O/c1-22-15-8-6-14(7-9-15)18(21-12-10-20-11-13-21)16-4-2-3-5-17(16)19/h2-9,18,20H,10-13H2,1H3. The third kappa shape index (κ3) is 3.13. The number of nitrogens with zero attached hydrogens (tertiary/aromatic N) is 1. The van der Waals surface area contributed by atoms with E-state index in [0.29, 0.717) is 0 Å². The van der Waals surface area contributed by atoms with E-state index in [-0.39, 0.29) is 11.9 Å². The van der Waals surface area contributed by atoms with Crippen LogP contribution in [0.1, 0.15) is 17.2 Å². The highest BCUT2D eigenvalue weighted by molar-refractivity contribution is 5.36. The van der Waals surface area contributed by atoms with Gasteiger partial charge < -0.3 is 10.1 Å². The zero-order valence-corrected chi connectivity index (χ0v) is 12.8. The molecule has 1 aliphatic heterocycles. The van der Waals surface area contributed by atoms with E-state index < -0.39 is 0 Å². The second-order valence-corrected chi connectivity index (χ2v) is 5.48. The molecule has 3 nitrogen and oxygen atoms in total. The Hall–Kier alpha value is -1.91. The molecule has 1 heterocycles. The molecule has 3 rings (SSSR count). The smallest absolute Gasteiger partial charge is 0.128 e. The fourth-order valence-corrected chi connectivity index (χ4v) is 3.01. The monoisotopic (exact) mass is 300 g/mol. The Labute approximate surface area is 130 Å². The highest BCUT2D eigenvalue weighted by atomic mass is 19.1. The van der Waals surface area contributed by atoms with E-state index >= 15 is 0 Å². The van der Waals surface area contributed by atoms with Crippen molar-refractivity contribution in [2.75, 3.05) is 33.3 Å². The largest absolute Gasteiger partial charge is 0.497 e. The summed E-state index contributed by atoms with van der Waals surface area (Å²) in [6.07, 6.45) is 0. The summed E-state index contributed by atoms with van der Waals surface area (Å²) in [5.74, 6) is 0.665. The van der Waals surface area contributed by atoms with Gasteiger partial charge in [0.2, 0.25) is 0 Å². The molecule has 1 saturated heterocycles. The van der Waals surface area contributed by atoms with Crippen molar-refractivity contribution >= 4 is 0 Å². The Bertz CT molecular complexity index is 609. The number of benzene rings is 2. The lowest BCUT2D eigenvalue weighted by Crippen LogP contribution is -2.45.